The lowest BCUT2D eigenvalue weighted by molar-refractivity contribution is 0.688. The van der Waals surface area contributed by atoms with E-state index < -0.39 is 0 Å². The van der Waals surface area contributed by atoms with Gasteiger partial charge in [0.25, 0.3) is 0 Å². The average molecular weight is 112 g/mol. The second-order valence-corrected chi connectivity index (χ2v) is 1.72. The smallest absolute Gasteiger partial charge is 0.0621 e. The van der Waals surface area contributed by atoms with E-state index in [4.69, 9.17) is 5.26 Å². The Kier molecular flexibility index (Phi) is 6.01. The van der Waals surface area contributed by atoms with Crippen LogP contribution in [0, 0.1) is 11.3 Å². The highest BCUT2D eigenvalue weighted by Crippen LogP contribution is 1.89. The maximum absolute atomic E-state index is 8.10. The van der Waals surface area contributed by atoms with Crippen LogP contribution in [0.25, 0.3) is 0 Å². The van der Waals surface area contributed by atoms with E-state index in [1.165, 1.54) is 0 Å². The number of unbranched alkanes of at least 4 members (excludes halogenated alkanes) is 2. The number of hydrogen-bond donors (Lipinski definition) is 1. The van der Waals surface area contributed by atoms with Crippen LogP contribution < -0.4 is 5.32 Å². The van der Waals surface area contributed by atoms with Crippen LogP contribution in [-0.2, 0) is 0 Å². The van der Waals surface area contributed by atoms with E-state index in [1.807, 2.05) is 7.05 Å². The molecule has 0 unspecified atom stereocenters. The summed E-state index contributed by atoms with van der Waals surface area (Å²) in [5.41, 5.74) is 0. The predicted octanol–water partition coefficient (Wildman–Crippen LogP) is 0.900. The highest BCUT2D eigenvalue weighted by Gasteiger charge is 1.82. The molecule has 0 saturated heterocycles. The zero-order valence-electron chi connectivity index (χ0n) is 5.28. The van der Waals surface area contributed by atoms with Crippen LogP contribution in [0.3, 0.4) is 0 Å². The lowest BCUT2D eigenvalue weighted by Crippen LogP contribution is -2.06. The summed E-state index contributed by atoms with van der Waals surface area (Å²) < 4.78 is 0. The number of nitrogens with one attached hydrogen (secondary N) is 1. The molecular weight excluding hydrogens is 100 g/mol. The molecule has 0 bridgehead atoms. The molecule has 0 aromatic rings. The van der Waals surface area contributed by atoms with Gasteiger partial charge in [0.05, 0.1) is 6.07 Å². The molecule has 0 aliphatic rings. The first-order chi connectivity index (χ1) is 3.91. The Morgan fingerprint density at radius 2 is 2.25 bits per heavy atom. The van der Waals surface area contributed by atoms with Crippen LogP contribution in [0.4, 0.5) is 0 Å². The molecular formula is C6H12N2. The number of nitrogens with zero attached hydrogens (tertiary/aromatic N) is 1. The van der Waals surface area contributed by atoms with Crippen molar-refractivity contribution in [1.29, 1.82) is 5.26 Å². The third-order valence-electron chi connectivity index (χ3n) is 0.965. The van der Waals surface area contributed by atoms with Crippen LogP contribution in [0.5, 0.6) is 0 Å². The first kappa shape index (κ1) is 7.45. The fourth-order valence-electron chi connectivity index (χ4n) is 0.506. The van der Waals surface area contributed by atoms with Crippen LogP contribution in [0.15, 0.2) is 0 Å². The Hall–Kier alpha value is -0.550. The maximum atomic E-state index is 8.10. The second kappa shape index (κ2) is 6.45. The van der Waals surface area contributed by atoms with Gasteiger partial charge in [-0.25, -0.2) is 0 Å². The van der Waals surface area contributed by atoms with E-state index in [1.54, 1.807) is 0 Å². The highest BCUT2D eigenvalue weighted by atomic mass is 14.8. The monoisotopic (exact) mass is 112 g/mol. The first-order valence-corrected chi connectivity index (χ1v) is 2.93. The van der Waals surface area contributed by atoms with Gasteiger partial charge in [-0.2, -0.15) is 5.26 Å². The van der Waals surface area contributed by atoms with Crippen molar-refractivity contribution in [3.05, 3.63) is 0 Å². The largest absolute Gasteiger partial charge is 0.320 e. The maximum Gasteiger partial charge on any atom is 0.0621 e. The molecule has 0 saturated carbocycles. The summed E-state index contributed by atoms with van der Waals surface area (Å²) >= 11 is 0. The first-order valence-electron chi connectivity index (χ1n) is 2.93. The summed E-state index contributed by atoms with van der Waals surface area (Å²) in [6.45, 7) is 1.03. The second-order valence-electron chi connectivity index (χ2n) is 1.72. The fourth-order valence-corrected chi connectivity index (χ4v) is 0.506. The topological polar surface area (TPSA) is 35.8 Å². The van der Waals surface area contributed by atoms with Gasteiger partial charge in [-0.15, -0.1) is 0 Å². The summed E-state index contributed by atoms with van der Waals surface area (Å²) in [6, 6.07) is 2.10. The van der Waals surface area contributed by atoms with E-state index in [9.17, 15) is 0 Å². The summed E-state index contributed by atoms with van der Waals surface area (Å²) in [7, 11) is 1.92. The van der Waals surface area contributed by atoms with Crippen LogP contribution in [0.2, 0.25) is 0 Å². The van der Waals surface area contributed by atoms with Gasteiger partial charge in [0.1, 0.15) is 0 Å². The van der Waals surface area contributed by atoms with E-state index in [0.29, 0.717) is 6.42 Å². The standard InChI is InChI=1S/C6H12N2/c1-8-6-4-2-3-5-7/h8H,2-4,6H2,1H3. The van der Waals surface area contributed by atoms with Gasteiger partial charge in [-0.05, 0) is 26.4 Å². The van der Waals surface area contributed by atoms with Crippen molar-refractivity contribution in [2.75, 3.05) is 13.6 Å². The molecule has 0 radical (unpaired) electrons. The van der Waals surface area contributed by atoms with Crippen molar-refractivity contribution < 1.29 is 0 Å². The highest BCUT2D eigenvalue weighted by molar-refractivity contribution is 4.67. The van der Waals surface area contributed by atoms with Crippen molar-refractivity contribution in [1.82, 2.24) is 5.32 Å². The van der Waals surface area contributed by atoms with Crippen molar-refractivity contribution >= 4 is 0 Å². The molecule has 0 amide bonds. The summed E-state index contributed by atoms with van der Waals surface area (Å²) in [5.74, 6) is 0. The molecule has 0 rings (SSSR count). The van der Waals surface area contributed by atoms with E-state index in [-0.39, 0.29) is 0 Å². The Bertz CT molecular complexity index is 73.1. The molecule has 2 nitrogen and oxygen atoms in total. The summed E-state index contributed by atoms with van der Waals surface area (Å²) in [6.07, 6.45) is 2.84. The van der Waals surface area contributed by atoms with E-state index >= 15 is 0 Å². The predicted molar refractivity (Wildman–Crippen MR) is 33.4 cm³/mol. The summed E-state index contributed by atoms with van der Waals surface area (Å²) in [4.78, 5) is 0. The van der Waals surface area contributed by atoms with Gasteiger partial charge in [0, 0.05) is 6.42 Å². The SMILES string of the molecule is CNCCCCC#N. The van der Waals surface area contributed by atoms with E-state index in [0.717, 1.165) is 19.4 Å². The van der Waals surface area contributed by atoms with Crippen molar-refractivity contribution in [2.45, 2.75) is 19.3 Å². The molecule has 0 fully saturated rings. The summed E-state index contributed by atoms with van der Waals surface area (Å²) in [5, 5.41) is 11.1. The van der Waals surface area contributed by atoms with Crippen LogP contribution >= 0.6 is 0 Å². The minimum Gasteiger partial charge on any atom is -0.320 e. The Labute approximate surface area is 50.5 Å². The third-order valence-corrected chi connectivity index (χ3v) is 0.965. The van der Waals surface area contributed by atoms with Crippen LogP contribution in [0.1, 0.15) is 19.3 Å². The molecule has 1 N–H and O–H groups in total. The Balaban J connectivity index is 2.65. The Morgan fingerprint density at radius 3 is 2.75 bits per heavy atom. The van der Waals surface area contributed by atoms with Gasteiger partial charge in [0.15, 0.2) is 0 Å². The molecule has 0 aromatic heterocycles. The minimum atomic E-state index is 0.696. The quantitative estimate of drug-likeness (QED) is 0.548. The van der Waals surface area contributed by atoms with Crippen molar-refractivity contribution in [2.24, 2.45) is 0 Å². The van der Waals surface area contributed by atoms with Crippen molar-refractivity contribution in [3.63, 3.8) is 0 Å². The van der Waals surface area contributed by atoms with Gasteiger partial charge in [-0.3, -0.25) is 0 Å². The Morgan fingerprint density at radius 1 is 1.50 bits per heavy atom. The number of nitriles is 1. The average Bonchev–Trinajstić information content (AvgIpc) is 1.81. The molecule has 0 spiro atoms. The number of hydrogen-bond acceptors (Lipinski definition) is 2. The van der Waals surface area contributed by atoms with Gasteiger partial charge in [-0.1, -0.05) is 0 Å². The minimum absolute atomic E-state index is 0.696. The zero-order chi connectivity index (χ0) is 6.24. The lowest BCUT2D eigenvalue weighted by Gasteiger charge is -1.92. The molecule has 46 valence electrons. The molecule has 2 heteroatoms. The van der Waals surface area contributed by atoms with Gasteiger partial charge >= 0.3 is 0 Å². The molecule has 0 heterocycles. The van der Waals surface area contributed by atoms with Gasteiger partial charge < -0.3 is 5.32 Å². The lowest BCUT2D eigenvalue weighted by atomic mass is 10.2. The molecule has 0 aromatic carbocycles. The molecule has 0 aliphatic heterocycles. The zero-order valence-corrected chi connectivity index (χ0v) is 5.28. The van der Waals surface area contributed by atoms with Crippen LogP contribution in [-0.4, -0.2) is 13.6 Å². The third kappa shape index (κ3) is 5.45. The number of rotatable bonds is 4. The van der Waals surface area contributed by atoms with E-state index in [2.05, 4.69) is 11.4 Å². The van der Waals surface area contributed by atoms with Gasteiger partial charge in [0.2, 0.25) is 0 Å². The normalized spacial score (nSPS) is 8.50. The fraction of sp³-hybridized carbons (Fsp3) is 0.833. The molecule has 0 aliphatic carbocycles. The van der Waals surface area contributed by atoms with Crippen molar-refractivity contribution in [3.8, 4) is 6.07 Å². The molecule has 8 heavy (non-hydrogen) atoms. The molecule has 0 atom stereocenters.